The minimum Gasteiger partial charge on any atom is -0.458 e. The maximum absolute atomic E-state index is 13.1. The number of aliphatic imine (C=N–C) groups is 1. The standard InChI is InChI=1S/C26H33N3O3S/c1-7-12-32-25(31)23-18(6)28-26-29(21(15-33-26)13-22(30)27-14-16(2)3)24(23)20-10-8-19(9-11-20)17(4)5/h7-11,15-17,24H,1,12-14H2,2-6H3,(H,27,30). The molecule has 176 valence electrons. The van der Waals surface area contributed by atoms with Gasteiger partial charge in [-0.2, -0.15) is 0 Å². The normalized spacial score (nSPS) is 17.7. The van der Waals surface area contributed by atoms with Gasteiger partial charge in [-0.1, -0.05) is 76.4 Å². The Hall–Kier alpha value is -2.80. The van der Waals surface area contributed by atoms with Gasteiger partial charge in [0.25, 0.3) is 0 Å². The molecule has 33 heavy (non-hydrogen) atoms. The van der Waals surface area contributed by atoms with E-state index in [2.05, 4.69) is 68.8 Å². The monoisotopic (exact) mass is 467 g/mol. The van der Waals surface area contributed by atoms with Gasteiger partial charge in [-0.25, -0.2) is 9.79 Å². The number of allylic oxidation sites excluding steroid dienone is 1. The number of hydrogen-bond acceptors (Lipinski definition) is 6. The molecule has 1 aromatic carbocycles. The summed E-state index contributed by atoms with van der Waals surface area (Å²) in [6.45, 7) is 14.6. The molecule has 6 nitrogen and oxygen atoms in total. The van der Waals surface area contributed by atoms with Gasteiger partial charge in [-0.05, 0) is 35.3 Å². The lowest BCUT2D eigenvalue weighted by Crippen LogP contribution is -2.38. The van der Waals surface area contributed by atoms with Gasteiger partial charge < -0.3 is 15.0 Å². The molecule has 0 spiro atoms. The molecule has 0 saturated heterocycles. The number of ether oxygens (including phenoxy) is 1. The summed E-state index contributed by atoms with van der Waals surface area (Å²) >= 11 is 1.47. The van der Waals surface area contributed by atoms with Gasteiger partial charge in [0.2, 0.25) is 5.91 Å². The van der Waals surface area contributed by atoms with Gasteiger partial charge in [0.05, 0.1) is 23.7 Å². The van der Waals surface area contributed by atoms with Crippen LogP contribution in [-0.4, -0.2) is 35.1 Å². The summed E-state index contributed by atoms with van der Waals surface area (Å²) in [6.07, 6.45) is 1.77. The van der Waals surface area contributed by atoms with Crippen molar-refractivity contribution >= 4 is 28.8 Å². The predicted octanol–water partition coefficient (Wildman–Crippen LogP) is 5.28. The highest BCUT2D eigenvalue weighted by molar-refractivity contribution is 8.16. The first kappa shape index (κ1) is 24.8. The van der Waals surface area contributed by atoms with E-state index in [1.165, 1.54) is 17.3 Å². The molecule has 1 N–H and O–H groups in total. The maximum atomic E-state index is 13.1. The molecular formula is C26H33N3O3S. The van der Waals surface area contributed by atoms with Crippen LogP contribution in [0.25, 0.3) is 0 Å². The Labute approximate surface area is 200 Å². The SMILES string of the molecule is C=CCOC(=O)C1=C(C)N=C2SC=C(CC(=O)NCC(C)C)N2C1c1ccc(C(C)C)cc1. The van der Waals surface area contributed by atoms with Gasteiger partial charge in [0.15, 0.2) is 5.17 Å². The van der Waals surface area contributed by atoms with Crippen LogP contribution < -0.4 is 5.32 Å². The van der Waals surface area contributed by atoms with Crippen molar-refractivity contribution in [3.05, 3.63) is 70.4 Å². The third-order valence-electron chi connectivity index (χ3n) is 5.52. The number of amides is 1. The molecule has 2 aliphatic heterocycles. The fraction of sp³-hybridized carbons (Fsp3) is 0.423. The Kier molecular flexibility index (Phi) is 8.19. The highest BCUT2D eigenvalue weighted by Gasteiger charge is 2.41. The van der Waals surface area contributed by atoms with Crippen LogP contribution in [-0.2, 0) is 14.3 Å². The van der Waals surface area contributed by atoms with Crippen LogP contribution in [0.1, 0.15) is 64.1 Å². The molecule has 1 unspecified atom stereocenters. The first-order valence-corrected chi connectivity index (χ1v) is 12.2. The number of amidine groups is 1. The number of benzene rings is 1. The van der Waals surface area contributed by atoms with E-state index >= 15 is 0 Å². The van der Waals surface area contributed by atoms with Crippen LogP contribution in [0.15, 0.2) is 64.3 Å². The summed E-state index contributed by atoms with van der Waals surface area (Å²) in [5, 5.41) is 5.69. The van der Waals surface area contributed by atoms with Crippen molar-refractivity contribution in [3.8, 4) is 0 Å². The van der Waals surface area contributed by atoms with Gasteiger partial charge in [-0.15, -0.1) is 0 Å². The van der Waals surface area contributed by atoms with Gasteiger partial charge in [-0.3, -0.25) is 4.79 Å². The van der Waals surface area contributed by atoms with E-state index in [0.29, 0.717) is 29.7 Å². The van der Waals surface area contributed by atoms with E-state index in [1.54, 1.807) is 6.08 Å². The van der Waals surface area contributed by atoms with Crippen LogP contribution in [0, 0.1) is 5.92 Å². The maximum Gasteiger partial charge on any atom is 0.338 e. The Morgan fingerprint density at radius 2 is 1.94 bits per heavy atom. The lowest BCUT2D eigenvalue weighted by molar-refractivity contribution is -0.138. The van der Waals surface area contributed by atoms with E-state index < -0.39 is 12.0 Å². The quantitative estimate of drug-likeness (QED) is 0.395. The molecule has 0 saturated carbocycles. The summed E-state index contributed by atoms with van der Waals surface area (Å²) in [7, 11) is 0. The average molecular weight is 468 g/mol. The molecule has 1 aromatic rings. The van der Waals surface area contributed by atoms with Crippen LogP contribution in [0.5, 0.6) is 0 Å². The van der Waals surface area contributed by atoms with Crippen molar-refractivity contribution in [2.45, 2.75) is 53.0 Å². The van der Waals surface area contributed by atoms with Gasteiger partial charge in [0.1, 0.15) is 6.61 Å². The van der Waals surface area contributed by atoms with Crippen molar-refractivity contribution in [1.82, 2.24) is 10.2 Å². The highest BCUT2D eigenvalue weighted by atomic mass is 32.2. The second-order valence-electron chi connectivity index (χ2n) is 8.98. The van der Waals surface area contributed by atoms with E-state index in [4.69, 9.17) is 4.74 Å². The first-order valence-electron chi connectivity index (χ1n) is 11.3. The van der Waals surface area contributed by atoms with E-state index in [1.807, 2.05) is 17.2 Å². The Balaban J connectivity index is 1.98. The van der Waals surface area contributed by atoms with Crippen LogP contribution in [0.2, 0.25) is 0 Å². The summed E-state index contributed by atoms with van der Waals surface area (Å²) in [4.78, 5) is 32.4. The number of carbonyl (C=O) groups excluding carboxylic acids is 2. The highest BCUT2D eigenvalue weighted by Crippen LogP contribution is 2.45. The zero-order chi connectivity index (χ0) is 24.1. The zero-order valence-electron chi connectivity index (χ0n) is 20.1. The molecule has 0 radical (unpaired) electrons. The number of carbonyl (C=O) groups is 2. The molecule has 1 amide bonds. The van der Waals surface area contributed by atoms with E-state index in [9.17, 15) is 9.59 Å². The predicted molar refractivity (Wildman–Crippen MR) is 135 cm³/mol. The Bertz CT molecular complexity index is 1010. The number of fused-ring (bicyclic) bond motifs is 1. The lowest BCUT2D eigenvalue weighted by atomic mass is 9.92. The topological polar surface area (TPSA) is 71.0 Å². The first-order chi connectivity index (χ1) is 15.7. The van der Waals surface area contributed by atoms with Crippen LogP contribution >= 0.6 is 11.8 Å². The van der Waals surface area contributed by atoms with Gasteiger partial charge >= 0.3 is 5.97 Å². The molecule has 0 fully saturated rings. The summed E-state index contributed by atoms with van der Waals surface area (Å²) in [5.74, 6) is 0.303. The molecule has 2 aliphatic rings. The second kappa shape index (κ2) is 10.9. The average Bonchev–Trinajstić information content (AvgIpc) is 3.16. The van der Waals surface area contributed by atoms with Crippen molar-refractivity contribution in [2.24, 2.45) is 10.9 Å². The number of nitrogens with zero attached hydrogens (tertiary/aromatic N) is 2. The molecule has 7 heteroatoms. The third-order valence-corrected chi connectivity index (χ3v) is 6.41. The molecule has 0 aromatic heterocycles. The van der Waals surface area contributed by atoms with Crippen molar-refractivity contribution < 1.29 is 14.3 Å². The fourth-order valence-corrected chi connectivity index (χ4v) is 4.73. The zero-order valence-corrected chi connectivity index (χ0v) is 20.9. The lowest BCUT2D eigenvalue weighted by Gasteiger charge is -2.36. The minimum absolute atomic E-state index is 0.0484. The van der Waals surface area contributed by atoms with E-state index in [-0.39, 0.29) is 18.9 Å². The van der Waals surface area contributed by atoms with Crippen LogP contribution in [0.4, 0.5) is 0 Å². The smallest absolute Gasteiger partial charge is 0.338 e. The molecule has 1 atom stereocenters. The molecule has 3 rings (SSSR count). The van der Waals surface area contributed by atoms with Crippen LogP contribution in [0.3, 0.4) is 0 Å². The molecule has 2 heterocycles. The largest absolute Gasteiger partial charge is 0.458 e. The van der Waals surface area contributed by atoms with Gasteiger partial charge in [0, 0.05) is 12.2 Å². The Morgan fingerprint density at radius 3 is 2.55 bits per heavy atom. The molecular weight excluding hydrogens is 434 g/mol. The van der Waals surface area contributed by atoms with Crippen molar-refractivity contribution in [2.75, 3.05) is 13.2 Å². The van der Waals surface area contributed by atoms with E-state index in [0.717, 1.165) is 16.4 Å². The second-order valence-corrected chi connectivity index (χ2v) is 9.81. The molecule has 0 bridgehead atoms. The number of nitrogens with one attached hydrogen (secondary N) is 1. The third kappa shape index (κ3) is 5.77. The van der Waals surface area contributed by atoms with Crippen molar-refractivity contribution in [1.29, 1.82) is 0 Å². The molecule has 0 aliphatic carbocycles. The summed E-state index contributed by atoms with van der Waals surface area (Å²) in [6, 6.07) is 7.87. The number of rotatable bonds is 9. The Morgan fingerprint density at radius 1 is 1.24 bits per heavy atom. The summed E-state index contributed by atoms with van der Waals surface area (Å²) < 4.78 is 5.43. The minimum atomic E-state index is -0.423. The van der Waals surface area contributed by atoms with Crippen molar-refractivity contribution in [3.63, 3.8) is 0 Å². The number of thioether (sulfide) groups is 1. The number of esters is 1. The summed E-state index contributed by atoms with van der Waals surface area (Å²) in [5.41, 5.74) is 4.10. The number of hydrogen-bond donors (Lipinski definition) is 1. The fourth-order valence-electron chi connectivity index (χ4n) is 3.77.